The Bertz CT molecular complexity index is 485. The number of benzene rings is 1. The summed E-state index contributed by atoms with van der Waals surface area (Å²) in [5.41, 5.74) is 1.67. The molecular weight excluding hydrogens is 254 g/mol. The molecule has 1 amide bonds. The summed E-state index contributed by atoms with van der Waals surface area (Å²) in [5.74, 6) is 1.71. The van der Waals surface area contributed by atoms with E-state index in [1.807, 2.05) is 12.1 Å². The standard InChI is InChI=1S/C16H19NO3/c1-2-3-4-5-6-15(18)17-14-10-7-13(8-11-14)9-12-16(19)20/h1,7-8,10-11H,3-6,9,12H2,(H,17,18)(H,19,20). The smallest absolute Gasteiger partial charge is 0.303 e. The Balaban J connectivity index is 2.35. The van der Waals surface area contributed by atoms with E-state index in [1.165, 1.54) is 0 Å². The molecule has 0 bridgehead atoms. The number of aliphatic carboxylic acids is 1. The van der Waals surface area contributed by atoms with Gasteiger partial charge in [0.1, 0.15) is 0 Å². The number of carbonyl (C=O) groups excluding carboxylic acids is 1. The summed E-state index contributed by atoms with van der Waals surface area (Å²) in [6, 6.07) is 7.24. The first-order valence-electron chi connectivity index (χ1n) is 6.66. The molecule has 2 N–H and O–H groups in total. The first kappa shape index (κ1) is 15.8. The van der Waals surface area contributed by atoms with Crippen LogP contribution in [0.4, 0.5) is 5.69 Å². The molecule has 20 heavy (non-hydrogen) atoms. The Labute approximate surface area is 119 Å². The second-order valence-electron chi connectivity index (χ2n) is 4.55. The third kappa shape index (κ3) is 6.60. The minimum Gasteiger partial charge on any atom is -0.481 e. The Morgan fingerprint density at radius 1 is 1.15 bits per heavy atom. The van der Waals surface area contributed by atoms with Gasteiger partial charge >= 0.3 is 5.97 Å². The summed E-state index contributed by atoms with van der Waals surface area (Å²) in [4.78, 5) is 22.1. The van der Waals surface area contributed by atoms with Crippen molar-refractivity contribution in [3.8, 4) is 12.3 Å². The molecule has 0 fully saturated rings. The van der Waals surface area contributed by atoms with Crippen LogP contribution >= 0.6 is 0 Å². The van der Waals surface area contributed by atoms with E-state index < -0.39 is 5.97 Å². The van der Waals surface area contributed by atoms with Crippen molar-refractivity contribution in [1.82, 2.24) is 0 Å². The number of nitrogens with one attached hydrogen (secondary N) is 1. The monoisotopic (exact) mass is 273 g/mol. The Hall–Kier alpha value is -2.28. The predicted octanol–water partition coefficient (Wildman–Crippen LogP) is 2.84. The second kappa shape index (κ2) is 8.76. The van der Waals surface area contributed by atoms with E-state index >= 15 is 0 Å². The summed E-state index contributed by atoms with van der Waals surface area (Å²) in [7, 11) is 0. The lowest BCUT2D eigenvalue weighted by Gasteiger charge is -2.06. The number of carboxylic acid groups (broad SMARTS) is 1. The highest BCUT2D eigenvalue weighted by atomic mass is 16.4. The predicted molar refractivity (Wildman–Crippen MR) is 78.3 cm³/mol. The number of aryl methyl sites for hydroxylation is 1. The second-order valence-corrected chi connectivity index (χ2v) is 4.55. The first-order valence-corrected chi connectivity index (χ1v) is 6.66. The molecule has 1 rings (SSSR count). The van der Waals surface area contributed by atoms with Crippen LogP contribution in [0.15, 0.2) is 24.3 Å². The zero-order valence-electron chi connectivity index (χ0n) is 11.4. The van der Waals surface area contributed by atoms with Crippen LogP contribution in [0.3, 0.4) is 0 Å². The van der Waals surface area contributed by atoms with Crippen LogP contribution in [-0.2, 0) is 16.0 Å². The third-order valence-corrected chi connectivity index (χ3v) is 2.84. The summed E-state index contributed by atoms with van der Waals surface area (Å²) in [5, 5.41) is 11.4. The highest BCUT2D eigenvalue weighted by molar-refractivity contribution is 5.90. The molecule has 4 nitrogen and oxygen atoms in total. The van der Waals surface area contributed by atoms with E-state index in [-0.39, 0.29) is 12.3 Å². The van der Waals surface area contributed by atoms with Crippen LogP contribution in [0, 0.1) is 12.3 Å². The summed E-state index contributed by atoms with van der Waals surface area (Å²) >= 11 is 0. The van der Waals surface area contributed by atoms with Gasteiger partial charge in [0, 0.05) is 24.9 Å². The lowest BCUT2D eigenvalue weighted by atomic mass is 10.1. The topological polar surface area (TPSA) is 66.4 Å². The van der Waals surface area contributed by atoms with E-state index in [4.69, 9.17) is 11.5 Å². The van der Waals surface area contributed by atoms with Crippen molar-refractivity contribution in [2.45, 2.75) is 38.5 Å². The molecule has 4 heteroatoms. The average molecular weight is 273 g/mol. The van der Waals surface area contributed by atoms with Gasteiger partial charge < -0.3 is 10.4 Å². The van der Waals surface area contributed by atoms with Crippen LogP contribution in [0.25, 0.3) is 0 Å². The molecule has 0 aliphatic rings. The van der Waals surface area contributed by atoms with Gasteiger partial charge in [-0.25, -0.2) is 0 Å². The number of rotatable bonds is 8. The van der Waals surface area contributed by atoms with Gasteiger partial charge in [-0.3, -0.25) is 9.59 Å². The Kier molecular flexibility index (Phi) is 6.91. The normalized spacial score (nSPS) is 9.75. The minimum atomic E-state index is -0.811. The highest BCUT2D eigenvalue weighted by Crippen LogP contribution is 2.12. The fourth-order valence-electron chi connectivity index (χ4n) is 1.74. The van der Waals surface area contributed by atoms with Crippen LogP contribution in [0.5, 0.6) is 0 Å². The van der Waals surface area contributed by atoms with Crippen molar-refractivity contribution in [3.63, 3.8) is 0 Å². The molecule has 0 saturated carbocycles. The molecule has 0 heterocycles. The first-order chi connectivity index (χ1) is 9.61. The summed E-state index contributed by atoms with van der Waals surface area (Å²) < 4.78 is 0. The third-order valence-electron chi connectivity index (χ3n) is 2.84. The molecule has 0 atom stereocenters. The quantitative estimate of drug-likeness (QED) is 0.565. The number of unbranched alkanes of at least 4 members (excludes halogenated alkanes) is 2. The number of hydrogen-bond acceptors (Lipinski definition) is 2. The molecule has 0 aliphatic carbocycles. The molecule has 0 spiro atoms. The maximum Gasteiger partial charge on any atom is 0.303 e. The van der Waals surface area contributed by atoms with E-state index in [9.17, 15) is 9.59 Å². The van der Waals surface area contributed by atoms with Crippen molar-refractivity contribution >= 4 is 17.6 Å². The van der Waals surface area contributed by atoms with Gasteiger partial charge in [0.05, 0.1) is 0 Å². The number of terminal acetylenes is 1. The number of carbonyl (C=O) groups is 2. The van der Waals surface area contributed by atoms with Gasteiger partial charge in [0.25, 0.3) is 0 Å². The molecule has 0 aromatic heterocycles. The molecule has 106 valence electrons. The fraction of sp³-hybridized carbons (Fsp3) is 0.375. The Morgan fingerprint density at radius 2 is 1.85 bits per heavy atom. The maximum absolute atomic E-state index is 11.6. The number of carboxylic acids is 1. The summed E-state index contributed by atoms with van der Waals surface area (Å²) in [6.07, 6.45) is 8.55. The van der Waals surface area contributed by atoms with Crippen molar-refractivity contribution in [2.75, 3.05) is 5.32 Å². The zero-order valence-corrected chi connectivity index (χ0v) is 11.4. The lowest BCUT2D eigenvalue weighted by Crippen LogP contribution is -2.11. The van der Waals surface area contributed by atoms with Crippen LogP contribution in [-0.4, -0.2) is 17.0 Å². The number of anilines is 1. The molecule has 0 unspecified atom stereocenters. The SMILES string of the molecule is C#CCCCCC(=O)Nc1ccc(CCC(=O)O)cc1. The van der Waals surface area contributed by atoms with Gasteiger partial charge in [-0.15, -0.1) is 12.3 Å². The fourth-order valence-corrected chi connectivity index (χ4v) is 1.74. The van der Waals surface area contributed by atoms with Gasteiger partial charge in [-0.05, 0) is 37.0 Å². The van der Waals surface area contributed by atoms with Crippen molar-refractivity contribution < 1.29 is 14.7 Å². The number of hydrogen-bond donors (Lipinski definition) is 2. The van der Waals surface area contributed by atoms with E-state index in [0.717, 1.165) is 24.1 Å². The van der Waals surface area contributed by atoms with Crippen LogP contribution in [0.1, 0.15) is 37.7 Å². The van der Waals surface area contributed by atoms with E-state index in [0.29, 0.717) is 19.3 Å². The molecule has 1 aromatic carbocycles. The lowest BCUT2D eigenvalue weighted by molar-refractivity contribution is -0.137. The van der Waals surface area contributed by atoms with Crippen LogP contribution < -0.4 is 5.32 Å². The molecule has 0 radical (unpaired) electrons. The maximum atomic E-state index is 11.6. The molecule has 0 saturated heterocycles. The molecular formula is C16H19NO3. The van der Waals surface area contributed by atoms with E-state index in [1.54, 1.807) is 12.1 Å². The highest BCUT2D eigenvalue weighted by Gasteiger charge is 2.03. The van der Waals surface area contributed by atoms with Crippen molar-refractivity contribution in [3.05, 3.63) is 29.8 Å². The van der Waals surface area contributed by atoms with Gasteiger partial charge in [0.15, 0.2) is 0 Å². The van der Waals surface area contributed by atoms with Gasteiger partial charge in [-0.2, -0.15) is 0 Å². The van der Waals surface area contributed by atoms with E-state index in [2.05, 4.69) is 11.2 Å². The minimum absolute atomic E-state index is 0.0275. The molecule has 1 aromatic rings. The molecule has 0 aliphatic heterocycles. The van der Waals surface area contributed by atoms with Crippen LogP contribution in [0.2, 0.25) is 0 Å². The van der Waals surface area contributed by atoms with Gasteiger partial charge in [-0.1, -0.05) is 12.1 Å². The van der Waals surface area contributed by atoms with Gasteiger partial charge in [0.2, 0.25) is 5.91 Å². The largest absolute Gasteiger partial charge is 0.481 e. The zero-order chi connectivity index (χ0) is 14.8. The summed E-state index contributed by atoms with van der Waals surface area (Å²) in [6.45, 7) is 0. The van der Waals surface area contributed by atoms with Crippen molar-refractivity contribution in [2.24, 2.45) is 0 Å². The average Bonchev–Trinajstić information content (AvgIpc) is 2.43. The Morgan fingerprint density at radius 3 is 2.45 bits per heavy atom. The number of amides is 1. The van der Waals surface area contributed by atoms with Crippen molar-refractivity contribution in [1.29, 1.82) is 0 Å².